The standard InChI is InChI=1S/C23H15ClFN3O2/c24-16-8-11-19(18(12-16)22(29)15-4-2-1-3-5-15)26-23(30)21-13-20(27-28-21)14-6-9-17(25)10-7-14/h1-13H,(H,26,30)(H,27,28). The summed E-state index contributed by atoms with van der Waals surface area (Å²) in [5, 5.41) is 9.88. The third-order valence-electron chi connectivity index (χ3n) is 4.47. The molecule has 0 radical (unpaired) electrons. The summed E-state index contributed by atoms with van der Waals surface area (Å²) in [6, 6.07) is 20.7. The van der Waals surface area contributed by atoms with E-state index in [1.807, 2.05) is 6.07 Å². The van der Waals surface area contributed by atoms with Crippen LogP contribution < -0.4 is 5.32 Å². The Kier molecular flexibility index (Phi) is 5.41. The van der Waals surface area contributed by atoms with Crippen molar-refractivity contribution in [3.8, 4) is 11.3 Å². The molecular weight excluding hydrogens is 405 g/mol. The Labute approximate surface area is 176 Å². The molecule has 1 amide bonds. The van der Waals surface area contributed by atoms with Gasteiger partial charge in [-0.25, -0.2) is 4.39 Å². The third kappa shape index (κ3) is 4.14. The topological polar surface area (TPSA) is 74.8 Å². The first-order chi connectivity index (χ1) is 14.5. The van der Waals surface area contributed by atoms with Gasteiger partial charge in [-0.05, 0) is 48.5 Å². The number of hydrogen-bond acceptors (Lipinski definition) is 3. The fourth-order valence-corrected chi connectivity index (χ4v) is 3.13. The highest BCUT2D eigenvalue weighted by atomic mass is 35.5. The van der Waals surface area contributed by atoms with Crippen molar-refractivity contribution >= 4 is 29.0 Å². The van der Waals surface area contributed by atoms with Gasteiger partial charge in [-0.3, -0.25) is 14.7 Å². The highest BCUT2D eigenvalue weighted by Crippen LogP contribution is 2.25. The Bertz CT molecular complexity index is 1220. The molecule has 0 saturated heterocycles. The van der Waals surface area contributed by atoms with Gasteiger partial charge in [0.25, 0.3) is 5.91 Å². The van der Waals surface area contributed by atoms with Crippen LogP contribution in [0.15, 0.2) is 78.9 Å². The third-order valence-corrected chi connectivity index (χ3v) is 4.71. The largest absolute Gasteiger partial charge is 0.320 e. The van der Waals surface area contributed by atoms with Gasteiger partial charge >= 0.3 is 0 Å². The van der Waals surface area contributed by atoms with E-state index in [4.69, 9.17) is 11.6 Å². The van der Waals surface area contributed by atoms with Gasteiger partial charge in [0, 0.05) is 21.7 Å². The van der Waals surface area contributed by atoms with E-state index >= 15 is 0 Å². The molecule has 4 aromatic rings. The van der Waals surface area contributed by atoms with Crippen LogP contribution in [0.5, 0.6) is 0 Å². The monoisotopic (exact) mass is 419 g/mol. The average Bonchev–Trinajstić information content (AvgIpc) is 3.26. The first-order valence-electron chi connectivity index (χ1n) is 9.03. The fourth-order valence-electron chi connectivity index (χ4n) is 2.95. The fraction of sp³-hybridized carbons (Fsp3) is 0. The molecule has 0 aliphatic carbocycles. The van der Waals surface area contributed by atoms with Crippen molar-refractivity contribution in [1.82, 2.24) is 10.2 Å². The molecule has 0 fully saturated rings. The van der Waals surface area contributed by atoms with E-state index in [1.54, 1.807) is 54.6 Å². The summed E-state index contributed by atoms with van der Waals surface area (Å²) in [5.74, 6) is -1.09. The van der Waals surface area contributed by atoms with Gasteiger partial charge in [0.1, 0.15) is 11.5 Å². The van der Waals surface area contributed by atoms with E-state index < -0.39 is 5.91 Å². The second-order valence-corrected chi connectivity index (χ2v) is 6.95. The van der Waals surface area contributed by atoms with E-state index in [2.05, 4.69) is 15.5 Å². The summed E-state index contributed by atoms with van der Waals surface area (Å²) >= 11 is 6.08. The maximum absolute atomic E-state index is 13.1. The lowest BCUT2D eigenvalue weighted by molar-refractivity contribution is 0.102. The number of hydrogen-bond donors (Lipinski definition) is 2. The quantitative estimate of drug-likeness (QED) is 0.428. The molecule has 30 heavy (non-hydrogen) atoms. The second kappa shape index (κ2) is 8.31. The van der Waals surface area contributed by atoms with Gasteiger partial charge in [-0.1, -0.05) is 41.9 Å². The molecular formula is C23H15ClFN3O2. The summed E-state index contributed by atoms with van der Waals surface area (Å²) in [5.41, 5.74) is 2.45. The minimum atomic E-state index is -0.472. The number of nitrogens with one attached hydrogen (secondary N) is 2. The van der Waals surface area contributed by atoms with Gasteiger partial charge < -0.3 is 5.32 Å². The van der Waals surface area contributed by atoms with Crippen LogP contribution in [0.25, 0.3) is 11.3 Å². The van der Waals surface area contributed by atoms with Gasteiger partial charge in [0.15, 0.2) is 5.78 Å². The zero-order valence-corrected chi connectivity index (χ0v) is 16.3. The molecule has 148 valence electrons. The van der Waals surface area contributed by atoms with E-state index in [0.717, 1.165) is 0 Å². The summed E-state index contributed by atoms with van der Waals surface area (Å²) in [7, 11) is 0. The van der Waals surface area contributed by atoms with Crippen LogP contribution in [0.4, 0.5) is 10.1 Å². The Balaban J connectivity index is 1.60. The second-order valence-electron chi connectivity index (χ2n) is 6.51. The number of anilines is 1. The minimum Gasteiger partial charge on any atom is -0.320 e. The summed E-state index contributed by atoms with van der Waals surface area (Å²) in [6.07, 6.45) is 0. The number of aromatic nitrogens is 2. The first kappa shape index (κ1) is 19.5. The summed E-state index contributed by atoms with van der Waals surface area (Å²) in [4.78, 5) is 25.6. The number of rotatable bonds is 5. The van der Waals surface area contributed by atoms with Gasteiger partial charge in [-0.15, -0.1) is 0 Å². The molecule has 0 spiro atoms. The maximum atomic E-state index is 13.1. The van der Waals surface area contributed by atoms with Crippen molar-refractivity contribution in [3.63, 3.8) is 0 Å². The van der Waals surface area contributed by atoms with Crippen molar-refractivity contribution in [3.05, 3.63) is 107 Å². The molecule has 0 saturated carbocycles. The molecule has 1 heterocycles. The molecule has 0 aliphatic rings. The van der Waals surface area contributed by atoms with Crippen molar-refractivity contribution < 1.29 is 14.0 Å². The predicted molar refractivity (Wildman–Crippen MR) is 113 cm³/mol. The lowest BCUT2D eigenvalue weighted by Gasteiger charge is -2.10. The molecule has 1 aromatic heterocycles. The Morgan fingerprint density at radius 2 is 1.67 bits per heavy atom. The predicted octanol–water partition coefficient (Wildman–Crippen LogP) is 5.35. The average molecular weight is 420 g/mol. The number of ketones is 1. The van der Waals surface area contributed by atoms with Crippen LogP contribution in [-0.2, 0) is 0 Å². The van der Waals surface area contributed by atoms with Crippen LogP contribution >= 0.6 is 11.6 Å². The van der Waals surface area contributed by atoms with Gasteiger partial charge in [-0.2, -0.15) is 5.10 Å². The molecule has 0 aliphatic heterocycles. The van der Waals surface area contributed by atoms with E-state index in [1.165, 1.54) is 18.2 Å². The van der Waals surface area contributed by atoms with E-state index in [0.29, 0.717) is 27.5 Å². The highest BCUT2D eigenvalue weighted by Gasteiger charge is 2.18. The van der Waals surface area contributed by atoms with Crippen LogP contribution in [-0.4, -0.2) is 21.9 Å². The van der Waals surface area contributed by atoms with Crippen molar-refractivity contribution in [1.29, 1.82) is 0 Å². The molecule has 2 N–H and O–H groups in total. The first-order valence-corrected chi connectivity index (χ1v) is 9.41. The number of halogens is 2. The number of amides is 1. The van der Waals surface area contributed by atoms with Gasteiger partial charge in [0.2, 0.25) is 0 Å². The van der Waals surface area contributed by atoms with E-state index in [9.17, 15) is 14.0 Å². The molecule has 0 unspecified atom stereocenters. The molecule has 4 rings (SSSR count). The molecule has 5 nitrogen and oxygen atoms in total. The SMILES string of the molecule is O=C(Nc1ccc(Cl)cc1C(=O)c1ccccc1)c1cc(-c2ccc(F)cc2)n[nH]1. The normalized spacial score (nSPS) is 10.6. The summed E-state index contributed by atoms with van der Waals surface area (Å²) in [6.45, 7) is 0. The number of benzene rings is 3. The van der Waals surface area contributed by atoms with E-state index in [-0.39, 0.29) is 22.9 Å². The number of nitrogens with zero attached hydrogens (tertiary/aromatic N) is 1. The lowest BCUT2D eigenvalue weighted by Crippen LogP contribution is -2.15. The number of carbonyl (C=O) groups is 2. The Morgan fingerprint density at radius 3 is 2.40 bits per heavy atom. The minimum absolute atomic E-state index is 0.197. The van der Waals surface area contributed by atoms with Crippen LogP contribution in [0, 0.1) is 5.82 Å². The Hall–Kier alpha value is -3.77. The van der Waals surface area contributed by atoms with Crippen LogP contribution in [0.3, 0.4) is 0 Å². The van der Waals surface area contributed by atoms with Crippen molar-refractivity contribution in [2.24, 2.45) is 0 Å². The van der Waals surface area contributed by atoms with Crippen LogP contribution in [0.1, 0.15) is 26.4 Å². The van der Waals surface area contributed by atoms with Crippen molar-refractivity contribution in [2.45, 2.75) is 0 Å². The zero-order valence-electron chi connectivity index (χ0n) is 15.5. The highest BCUT2D eigenvalue weighted by molar-refractivity contribution is 6.31. The molecule has 0 atom stereocenters. The number of H-pyrrole nitrogens is 1. The number of aromatic amines is 1. The Morgan fingerprint density at radius 1 is 0.933 bits per heavy atom. The van der Waals surface area contributed by atoms with Crippen molar-refractivity contribution in [2.75, 3.05) is 5.32 Å². The molecule has 0 bridgehead atoms. The smallest absolute Gasteiger partial charge is 0.273 e. The molecule has 3 aromatic carbocycles. The maximum Gasteiger partial charge on any atom is 0.273 e. The van der Waals surface area contributed by atoms with Gasteiger partial charge in [0.05, 0.1) is 11.4 Å². The lowest BCUT2D eigenvalue weighted by atomic mass is 10.0. The molecule has 7 heteroatoms. The number of carbonyl (C=O) groups excluding carboxylic acids is 2. The van der Waals surface area contributed by atoms with Crippen LogP contribution in [0.2, 0.25) is 5.02 Å². The summed E-state index contributed by atoms with van der Waals surface area (Å²) < 4.78 is 13.1. The zero-order chi connectivity index (χ0) is 21.1.